The highest BCUT2D eigenvalue weighted by molar-refractivity contribution is 5.73. The van der Waals surface area contributed by atoms with Crippen molar-refractivity contribution in [2.75, 3.05) is 18.9 Å². The van der Waals surface area contributed by atoms with Crippen LogP contribution in [0.3, 0.4) is 0 Å². The summed E-state index contributed by atoms with van der Waals surface area (Å²) in [5.74, 6) is 0.696. The second kappa shape index (κ2) is 7.79. The quantitative estimate of drug-likeness (QED) is 0.562. The Morgan fingerprint density at radius 2 is 1.86 bits per heavy atom. The standard InChI is InChI=1S/C16H19N3O2/c17-14-7-4-8-15(11-14)21-10-9-18-16(20)19-12-13-5-2-1-3-6-13/h1-8,11H,9-10,12,17H2,(H2,18,19,20). The van der Waals surface area contributed by atoms with Crippen LogP contribution >= 0.6 is 0 Å². The molecule has 110 valence electrons. The van der Waals surface area contributed by atoms with Gasteiger partial charge in [0.25, 0.3) is 0 Å². The monoisotopic (exact) mass is 285 g/mol. The average molecular weight is 285 g/mol. The Morgan fingerprint density at radius 3 is 2.62 bits per heavy atom. The SMILES string of the molecule is Nc1cccc(OCCNC(=O)NCc2ccccc2)c1. The Morgan fingerprint density at radius 1 is 1.05 bits per heavy atom. The molecule has 0 heterocycles. The smallest absolute Gasteiger partial charge is 0.315 e. The first-order valence-corrected chi connectivity index (χ1v) is 6.78. The first-order chi connectivity index (χ1) is 10.2. The maximum atomic E-state index is 11.6. The van der Waals surface area contributed by atoms with Gasteiger partial charge < -0.3 is 21.1 Å². The summed E-state index contributed by atoms with van der Waals surface area (Å²) in [7, 11) is 0. The zero-order valence-corrected chi connectivity index (χ0v) is 11.7. The molecule has 0 aliphatic carbocycles. The van der Waals surface area contributed by atoms with Gasteiger partial charge in [0.2, 0.25) is 0 Å². The van der Waals surface area contributed by atoms with E-state index in [0.29, 0.717) is 31.1 Å². The molecule has 0 bridgehead atoms. The van der Waals surface area contributed by atoms with Crippen molar-refractivity contribution >= 4 is 11.7 Å². The third-order valence-electron chi connectivity index (χ3n) is 2.81. The molecule has 2 amide bonds. The highest BCUT2D eigenvalue weighted by Crippen LogP contribution is 2.13. The van der Waals surface area contributed by atoms with E-state index in [9.17, 15) is 4.79 Å². The van der Waals surface area contributed by atoms with Crippen LogP contribution in [-0.4, -0.2) is 19.2 Å². The lowest BCUT2D eigenvalue weighted by Crippen LogP contribution is -2.37. The van der Waals surface area contributed by atoms with E-state index in [1.807, 2.05) is 42.5 Å². The first kappa shape index (κ1) is 14.7. The molecular weight excluding hydrogens is 266 g/mol. The van der Waals surface area contributed by atoms with Gasteiger partial charge in [0.15, 0.2) is 0 Å². The number of nitrogens with two attached hydrogens (primary N) is 1. The van der Waals surface area contributed by atoms with Crippen molar-refractivity contribution in [2.45, 2.75) is 6.54 Å². The molecule has 21 heavy (non-hydrogen) atoms. The van der Waals surface area contributed by atoms with Gasteiger partial charge in [-0.1, -0.05) is 36.4 Å². The number of carbonyl (C=O) groups is 1. The van der Waals surface area contributed by atoms with Crippen molar-refractivity contribution in [3.8, 4) is 5.75 Å². The number of amides is 2. The van der Waals surface area contributed by atoms with Crippen LogP contribution in [0.5, 0.6) is 5.75 Å². The Bertz CT molecular complexity index is 573. The van der Waals surface area contributed by atoms with Crippen molar-refractivity contribution in [3.63, 3.8) is 0 Å². The van der Waals surface area contributed by atoms with E-state index in [0.717, 1.165) is 5.56 Å². The predicted octanol–water partition coefficient (Wildman–Crippen LogP) is 2.15. The summed E-state index contributed by atoms with van der Waals surface area (Å²) >= 11 is 0. The zero-order chi connectivity index (χ0) is 14.9. The molecule has 2 aromatic carbocycles. The summed E-state index contributed by atoms with van der Waals surface area (Å²) in [5, 5.41) is 5.51. The van der Waals surface area contributed by atoms with Gasteiger partial charge in [0, 0.05) is 18.3 Å². The first-order valence-electron chi connectivity index (χ1n) is 6.78. The number of carbonyl (C=O) groups excluding carboxylic acids is 1. The molecule has 4 N–H and O–H groups in total. The van der Waals surface area contributed by atoms with Crippen molar-refractivity contribution in [2.24, 2.45) is 0 Å². The lowest BCUT2D eigenvalue weighted by Gasteiger charge is -2.09. The molecule has 0 saturated heterocycles. The van der Waals surface area contributed by atoms with Crippen molar-refractivity contribution in [1.82, 2.24) is 10.6 Å². The van der Waals surface area contributed by atoms with Crippen LogP contribution in [0.1, 0.15) is 5.56 Å². The van der Waals surface area contributed by atoms with Crippen molar-refractivity contribution in [1.29, 1.82) is 0 Å². The van der Waals surface area contributed by atoms with Crippen LogP contribution in [0.4, 0.5) is 10.5 Å². The number of ether oxygens (including phenoxy) is 1. The molecular formula is C16H19N3O2. The van der Waals surface area contributed by atoms with Crippen LogP contribution < -0.4 is 21.1 Å². The molecule has 0 atom stereocenters. The number of urea groups is 1. The lowest BCUT2D eigenvalue weighted by atomic mass is 10.2. The summed E-state index contributed by atoms with van der Waals surface area (Å²) in [5.41, 5.74) is 7.36. The fraction of sp³-hybridized carbons (Fsp3) is 0.188. The predicted molar refractivity (Wildman–Crippen MR) is 83.0 cm³/mol. The molecule has 0 radical (unpaired) electrons. The van der Waals surface area contributed by atoms with Crippen LogP contribution in [0.25, 0.3) is 0 Å². The summed E-state index contributed by atoms with van der Waals surface area (Å²) < 4.78 is 5.48. The maximum Gasteiger partial charge on any atom is 0.315 e. The molecule has 0 aliphatic rings. The van der Waals surface area contributed by atoms with Gasteiger partial charge in [-0.15, -0.1) is 0 Å². The van der Waals surface area contributed by atoms with Crippen molar-refractivity contribution in [3.05, 3.63) is 60.2 Å². The number of hydrogen-bond acceptors (Lipinski definition) is 3. The minimum absolute atomic E-state index is 0.213. The van der Waals surface area contributed by atoms with E-state index < -0.39 is 0 Å². The second-order valence-corrected chi connectivity index (χ2v) is 4.52. The number of anilines is 1. The van der Waals surface area contributed by atoms with Crippen molar-refractivity contribution < 1.29 is 9.53 Å². The number of benzene rings is 2. The number of nitrogen functional groups attached to an aromatic ring is 1. The molecule has 0 aliphatic heterocycles. The summed E-state index contributed by atoms with van der Waals surface area (Å²) in [6, 6.07) is 16.7. The zero-order valence-electron chi connectivity index (χ0n) is 11.7. The lowest BCUT2D eigenvalue weighted by molar-refractivity contribution is 0.236. The molecule has 0 unspecified atom stereocenters. The molecule has 0 spiro atoms. The molecule has 2 rings (SSSR count). The summed E-state index contributed by atoms with van der Waals surface area (Å²) in [4.78, 5) is 11.6. The van der Waals surface area contributed by atoms with E-state index in [-0.39, 0.29) is 6.03 Å². The molecule has 0 aromatic heterocycles. The number of hydrogen-bond donors (Lipinski definition) is 3. The van der Waals surface area contributed by atoms with Crippen LogP contribution in [0.2, 0.25) is 0 Å². The van der Waals surface area contributed by atoms with Crippen LogP contribution in [0, 0.1) is 0 Å². The Hall–Kier alpha value is -2.69. The van der Waals surface area contributed by atoms with E-state index in [4.69, 9.17) is 10.5 Å². The highest BCUT2D eigenvalue weighted by Gasteiger charge is 2.00. The third kappa shape index (κ3) is 5.44. The van der Waals surface area contributed by atoms with Gasteiger partial charge >= 0.3 is 6.03 Å². The average Bonchev–Trinajstić information content (AvgIpc) is 2.51. The van der Waals surface area contributed by atoms with Crippen LogP contribution in [-0.2, 0) is 6.54 Å². The Balaban J connectivity index is 1.61. The molecule has 5 heteroatoms. The summed E-state index contributed by atoms with van der Waals surface area (Å²) in [6.45, 7) is 1.32. The maximum absolute atomic E-state index is 11.6. The third-order valence-corrected chi connectivity index (χ3v) is 2.81. The molecule has 5 nitrogen and oxygen atoms in total. The minimum Gasteiger partial charge on any atom is -0.492 e. The molecule has 2 aromatic rings. The number of rotatable bonds is 6. The van der Waals surface area contributed by atoms with Gasteiger partial charge in [-0.25, -0.2) is 4.79 Å². The topological polar surface area (TPSA) is 76.4 Å². The fourth-order valence-corrected chi connectivity index (χ4v) is 1.78. The van der Waals surface area contributed by atoms with Crippen LogP contribution in [0.15, 0.2) is 54.6 Å². The van der Waals surface area contributed by atoms with Gasteiger partial charge in [0.05, 0.1) is 6.54 Å². The fourth-order valence-electron chi connectivity index (χ4n) is 1.78. The Kier molecular flexibility index (Phi) is 5.46. The van der Waals surface area contributed by atoms with Gasteiger partial charge in [-0.05, 0) is 17.7 Å². The molecule has 0 saturated carbocycles. The Labute approximate surface area is 124 Å². The van der Waals surface area contributed by atoms with E-state index >= 15 is 0 Å². The van der Waals surface area contributed by atoms with Gasteiger partial charge in [-0.2, -0.15) is 0 Å². The molecule has 0 fully saturated rings. The number of nitrogens with one attached hydrogen (secondary N) is 2. The highest BCUT2D eigenvalue weighted by atomic mass is 16.5. The van der Waals surface area contributed by atoms with Gasteiger partial charge in [-0.3, -0.25) is 0 Å². The summed E-state index contributed by atoms with van der Waals surface area (Å²) in [6.07, 6.45) is 0. The normalized spacial score (nSPS) is 9.90. The van der Waals surface area contributed by atoms with Gasteiger partial charge in [0.1, 0.15) is 12.4 Å². The van der Waals surface area contributed by atoms with E-state index in [1.165, 1.54) is 0 Å². The largest absolute Gasteiger partial charge is 0.492 e. The van der Waals surface area contributed by atoms with E-state index in [2.05, 4.69) is 10.6 Å². The van der Waals surface area contributed by atoms with E-state index in [1.54, 1.807) is 12.1 Å². The second-order valence-electron chi connectivity index (χ2n) is 4.52. The minimum atomic E-state index is -0.213.